The summed E-state index contributed by atoms with van der Waals surface area (Å²) in [5, 5.41) is 10.8. The van der Waals surface area contributed by atoms with E-state index in [0.29, 0.717) is 5.75 Å². The van der Waals surface area contributed by atoms with E-state index in [9.17, 15) is 5.11 Å². The van der Waals surface area contributed by atoms with Gasteiger partial charge in [-0.15, -0.1) is 0 Å². The molecule has 0 unspecified atom stereocenters. The molecule has 2 aromatic rings. The zero-order valence-corrected chi connectivity index (χ0v) is 17.1. The molecule has 2 aromatic carbocycles. The number of benzene rings is 2. The largest absolute Gasteiger partial charge is 0.508 e. The van der Waals surface area contributed by atoms with Crippen molar-refractivity contribution in [2.45, 2.75) is 84.5 Å². The summed E-state index contributed by atoms with van der Waals surface area (Å²) in [5.41, 5.74) is 4.99. The molecule has 1 heteroatoms. The second-order valence-electron chi connectivity index (χ2n) is 8.00. The highest BCUT2D eigenvalue weighted by Crippen LogP contribution is 2.41. The number of phenols is 1. The van der Waals surface area contributed by atoms with E-state index in [1.165, 1.54) is 48.8 Å². The van der Waals surface area contributed by atoms with E-state index in [2.05, 4.69) is 64.1 Å². The summed E-state index contributed by atoms with van der Waals surface area (Å²) in [7, 11) is 0. The van der Waals surface area contributed by atoms with Crippen molar-refractivity contribution in [3.05, 3.63) is 64.7 Å². The van der Waals surface area contributed by atoms with Crippen molar-refractivity contribution in [3.63, 3.8) is 0 Å². The number of rotatable bonds is 10. The molecule has 0 fully saturated rings. The van der Waals surface area contributed by atoms with Gasteiger partial charge in [0.2, 0.25) is 0 Å². The summed E-state index contributed by atoms with van der Waals surface area (Å²) in [5.74, 6) is 0.447. The summed E-state index contributed by atoms with van der Waals surface area (Å²) < 4.78 is 0. The minimum atomic E-state index is -0.201. The van der Waals surface area contributed by atoms with Gasteiger partial charge in [-0.2, -0.15) is 0 Å². The smallest absolute Gasteiger partial charge is 0.119 e. The Bertz CT molecular complexity index is 670. The summed E-state index contributed by atoms with van der Waals surface area (Å²) >= 11 is 0. The number of unbranched alkanes of at least 4 members (excludes halogenated alkanes) is 4. The Labute approximate surface area is 160 Å². The van der Waals surface area contributed by atoms with Gasteiger partial charge in [-0.1, -0.05) is 96.2 Å². The van der Waals surface area contributed by atoms with Crippen molar-refractivity contribution in [2.75, 3.05) is 0 Å². The first kappa shape index (κ1) is 20.6. The van der Waals surface area contributed by atoms with Gasteiger partial charge in [0.05, 0.1) is 0 Å². The average molecular weight is 353 g/mol. The van der Waals surface area contributed by atoms with Gasteiger partial charge in [0.1, 0.15) is 5.75 Å². The van der Waals surface area contributed by atoms with Gasteiger partial charge in [0.25, 0.3) is 0 Å². The van der Waals surface area contributed by atoms with E-state index in [1.807, 2.05) is 6.07 Å². The average Bonchev–Trinajstić information content (AvgIpc) is 2.64. The van der Waals surface area contributed by atoms with E-state index in [4.69, 9.17) is 0 Å². The van der Waals surface area contributed by atoms with E-state index in [1.54, 1.807) is 0 Å². The van der Waals surface area contributed by atoms with Crippen LogP contribution in [0.3, 0.4) is 0 Å². The van der Waals surface area contributed by atoms with Gasteiger partial charge in [0, 0.05) is 11.0 Å². The molecule has 0 aliphatic rings. The predicted octanol–water partition coefficient (Wildman–Crippen LogP) is 7.18. The van der Waals surface area contributed by atoms with Crippen LogP contribution in [0.25, 0.3) is 0 Å². The van der Waals surface area contributed by atoms with Crippen LogP contribution in [0, 0.1) is 0 Å². The maximum absolute atomic E-state index is 10.8. The first-order valence-corrected chi connectivity index (χ1v) is 10.4. The van der Waals surface area contributed by atoms with Crippen LogP contribution in [0.1, 0.15) is 88.5 Å². The van der Waals surface area contributed by atoms with E-state index in [-0.39, 0.29) is 5.41 Å². The molecule has 26 heavy (non-hydrogen) atoms. The molecular weight excluding hydrogens is 316 g/mol. The Kier molecular flexibility index (Phi) is 7.75. The molecular formula is C25H36O. The molecule has 0 radical (unpaired) electrons. The lowest BCUT2D eigenvalue weighted by Gasteiger charge is -2.31. The Morgan fingerprint density at radius 2 is 1.46 bits per heavy atom. The molecule has 1 nitrogen and oxygen atoms in total. The molecule has 0 heterocycles. The summed E-state index contributed by atoms with van der Waals surface area (Å²) in [6, 6.07) is 14.6. The van der Waals surface area contributed by atoms with Crippen LogP contribution in [0.2, 0.25) is 0 Å². The van der Waals surface area contributed by atoms with Crippen molar-refractivity contribution in [3.8, 4) is 5.75 Å². The number of hydrogen-bond donors (Lipinski definition) is 1. The molecule has 142 valence electrons. The highest BCUT2D eigenvalue weighted by Gasteiger charge is 2.29. The normalized spacial score (nSPS) is 11.7. The number of aromatic hydroxyl groups is 1. The number of aryl methyl sites for hydroxylation is 1. The van der Waals surface area contributed by atoms with E-state index < -0.39 is 0 Å². The van der Waals surface area contributed by atoms with Crippen LogP contribution < -0.4 is 0 Å². The fourth-order valence-electron chi connectivity index (χ4n) is 4.07. The lowest BCUT2D eigenvalue weighted by Crippen LogP contribution is -2.22. The lowest BCUT2D eigenvalue weighted by molar-refractivity contribution is 0.449. The third-order valence-corrected chi connectivity index (χ3v) is 5.56. The molecule has 0 aliphatic heterocycles. The zero-order valence-electron chi connectivity index (χ0n) is 17.1. The number of phenolic OH excluding ortho intramolecular Hbond substituents is 1. The van der Waals surface area contributed by atoms with Crippen molar-refractivity contribution in [2.24, 2.45) is 0 Å². The fourth-order valence-corrected chi connectivity index (χ4v) is 4.07. The molecule has 0 amide bonds. The maximum Gasteiger partial charge on any atom is 0.119 e. The summed E-state index contributed by atoms with van der Waals surface area (Å²) in [6.45, 7) is 8.98. The molecule has 2 rings (SSSR count). The van der Waals surface area contributed by atoms with Crippen LogP contribution >= 0.6 is 0 Å². The van der Waals surface area contributed by atoms with Crippen molar-refractivity contribution in [1.82, 2.24) is 0 Å². The predicted molar refractivity (Wildman–Crippen MR) is 113 cm³/mol. The standard InChI is InChI=1S/C25H36O/c1-5-7-8-9-13-17-22-20(14-6-2)18-19-23(26)24(22)25(3,4)21-15-11-10-12-16-21/h10-12,15-16,18-19,26H,5-9,13-14,17H2,1-4H3. The Morgan fingerprint density at radius 1 is 0.769 bits per heavy atom. The van der Waals surface area contributed by atoms with Crippen LogP contribution in [-0.2, 0) is 18.3 Å². The third kappa shape index (κ3) is 4.90. The van der Waals surface area contributed by atoms with Crippen molar-refractivity contribution < 1.29 is 5.11 Å². The quantitative estimate of drug-likeness (QED) is 0.449. The van der Waals surface area contributed by atoms with Crippen LogP contribution in [-0.4, -0.2) is 5.11 Å². The second-order valence-corrected chi connectivity index (χ2v) is 8.00. The highest BCUT2D eigenvalue weighted by atomic mass is 16.3. The molecule has 0 atom stereocenters. The van der Waals surface area contributed by atoms with E-state index in [0.717, 1.165) is 24.8 Å². The van der Waals surface area contributed by atoms with Gasteiger partial charge in [-0.25, -0.2) is 0 Å². The fraction of sp³-hybridized carbons (Fsp3) is 0.520. The minimum absolute atomic E-state index is 0.201. The van der Waals surface area contributed by atoms with E-state index >= 15 is 0 Å². The van der Waals surface area contributed by atoms with Crippen molar-refractivity contribution >= 4 is 0 Å². The SMILES string of the molecule is CCCCCCCc1c(CCC)ccc(O)c1C(C)(C)c1ccccc1. The first-order valence-electron chi connectivity index (χ1n) is 10.4. The summed E-state index contributed by atoms with van der Waals surface area (Å²) in [6.07, 6.45) is 9.69. The zero-order chi connectivity index (χ0) is 19.0. The molecule has 0 saturated heterocycles. The first-order chi connectivity index (χ1) is 12.5. The van der Waals surface area contributed by atoms with Crippen LogP contribution in [0.4, 0.5) is 0 Å². The Hall–Kier alpha value is -1.76. The van der Waals surface area contributed by atoms with Gasteiger partial charge in [-0.3, -0.25) is 0 Å². The highest BCUT2D eigenvalue weighted by molar-refractivity contribution is 5.53. The van der Waals surface area contributed by atoms with Gasteiger partial charge < -0.3 is 5.11 Å². The Balaban J connectivity index is 2.41. The molecule has 0 aromatic heterocycles. The molecule has 0 spiro atoms. The monoisotopic (exact) mass is 352 g/mol. The Morgan fingerprint density at radius 3 is 2.12 bits per heavy atom. The van der Waals surface area contributed by atoms with Gasteiger partial charge in [-0.05, 0) is 42.0 Å². The molecule has 0 aliphatic carbocycles. The third-order valence-electron chi connectivity index (χ3n) is 5.56. The van der Waals surface area contributed by atoms with Crippen LogP contribution in [0.5, 0.6) is 5.75 Å². The number of hydrogen-bond acceptors (Lipinski definition) is 1. The minimum Gasteiger partial charge on any atom is -0.508 e. The maximum atomic E-state index is 10.8. The summed E-state index contributed by atoms with van der Waals surface area (Å²) in [4.78, 5) is 0. The van der Waals surface area contributed by atoms with Gasteiger partial charge >= 0.3 is 0 Å². The van der Waals surface area contributed by atoms with Crippen molar-refractivity contribution in [1.29, 1.82) is 0 Å². The molecule has 0 saturated carbocycles. The molecule has 0 bridgehead atoms. The lowest BCUT2D eigenvalue weighted by atomic mass is 9.73. The van der Waals surface area contributed by atoms with Crippen LogP contribution in [0.15, 0.2) is 42.5 Å². The topological polar surface area (TPSA) is 20.2 Å². The van der Waals surface area contributed by atoms with Gasteiger partial charge in [0.15, 0.2) is 0 Å². The second kappa shape index (κ2) is 9.80. The molecule has 1 N–H and O–H groups in total.